The lowest BCUT2D eigenvalue weighted by Crippen LogP contribution is -2.06. The summed E-state index contributed by atoms with van der Waals surface area (Å²) in [7, 11) is 3.88. The molecule has 0 aliphatic heterocycles. The Hall–Kier alpha value is -1.78. The highest BCUT2D eigenvalue weighted by molar-refractivity contribution is 5.45. The Morgan fingerprint density at radius 3 is 2.56 bits per heavy atom. The van der Waals surface area contributed by atoms with Crippen LogP contribution in [0.5, 0.6) is 0 Å². The molecule has 2 aromatic rings. The van der Waals surface area contributed by atoms with Gasteiger partial charge in [-0.05, 0) is 19.4 Å². The Bertz CT molecular complexity index is 475. The molecule has 1 N–H and O–H groups in total. The largest absolute Gasteiger partial charge is 0.377 e. The third-order valence-corrected chi connectivity index (χ3v) is 2.73. The van der Waals surface area contributed by atoms with E-state index in [-0.39, 0.29) is 0 Å². The highest BCUT2D eigenvalue weighted by Gasteiger charge is 2.06. The van der Waals surface area contributed by atoms with Crippen LogP contribution < -0.4 is 5.32 Å². The van der Waals surface area contributed by atoms with Crippen molar-refractivity contribution in [2.45, 2.75) is 20.4 Å². The van der Waals surface area contributed by atoms with Crippen molar-refractivity contribution in [1.29, 1.82) is 0 Å². The molecule has 16 heavy (non-hydrogen) atoms. The lowest BCUT2D eigenvalue weighted by molar-refractivity contribution is 0.719. The Labute approximate surface area is 95.1 Å². The summed E-state index contributed by atoms with van der Waals surface area (Å²) in [6.07, 6.45) is 3.87. The molecule has 0 atom stereocenters. The van der Waals surface area contributed by atoms with Crippen molar-refractivity contribution in [1.82, 2.24) is 19.6 Å². The highest BCUT2D eigenvalue weighted by atomic mass is 15.3. The number of nitrogens with one attached hydrogen (secondary N) is 1. The SMILES string of the molecule is Cc1cnn(C)c1CNc1cn(C)nc1C. The molecule has 5 nitrogen and oxygen atoms in total. The van der Waals surface area contributed by atoms with E-state index in [1.807, 2.05) is 42.8 Å². The lowest BCUT2D eigenvalue weighted by atomic mass is 10.2. The zero-order valence-electron chi connectivity index (χ0n) is 10.2. The van der Waals surface area contributed by atoms with Crippen LogP contribution in [-0.2, 0) is 20.6 Å². The molecular weight excluding hydrogens is 202 g/mol. The molecule has 0 saturated carbocycles. The van der Waals surface area contributed by atoms with Crippen LogP contribution in [0.15, 0.2) is 12.4 Å². The third-order valence-electron chi connectivity index (χ3n) is 2.73. The van der Waals surface area contributed by atoms with Gasteiger partial charge in [0, 0.05) is 20.3 Å². The maximum atomic E-state index is 4.29. The predicted molar refractivity (Wildman–Crippen MR) is 63.2 cm³/mol. The van der Waals surface area contributed by atoms with Gasteiger partial charge >= 0.3 is 0 Å². The Balaban J connectivity index is 2.11. The lowest BCUT2D eigenvalue weighted by Gasteiger charge is -2.06. The first kappa shape index (κ1) is 10.7. The number of rotatable bonds is 3. The van der Waals surface area contributed by atoms with E-state index in [1.165, 1.54) is 11.3 Å². The van der Waals surface area contributed by atoms with E-state index in [0.717, 1.165) is 17.9 Å². The van der Waals surface area contributed by atoms with Crippen LogP contribution in [0.1, 0.15) is 17.0 Å². The number of aryl methyl sites for hydroxylation is 4. The average molecular weight is 219 g/mol. The molecule has 0 aliphatic rings. The van der Waals surface area contributed by atoms with Crippen LogP contribution in [0.4, 0.5) is 5.69 Å². The minimum absolute atomic E-state index is 0.773. The summed E-state index contributed by atoms with van der Waals surface area (Å²) in [5.41, 5.74) is 4.49. The van der Waals surface area contributed by atoms with Crippen molar-refractivity contribution in [2.24, 2.45) is 14.1 Å². The molecule has 2 heterocycles. The quantitative estimate of drug-likeness (QED) is 0.848. The molecule has 2 rings (SSSR count). The third kappa shape index (κ3) is 1.93. The minimum atomic E-state index is 0.773. The van der Waals surface area contributed by atoms with Gasteiger partial charge in [0.25, 0.3) is 0 Å². The molecule has 0 aromatic carbocycles. The van der Waals surface area contributed by atoms with E-state index in [1.54, 1.807) is 0 Å². The Morgan fingerprint density at radius 1 is 1.31 bits per heavy atom. The summed E-state index contributed by atoms with van der Waals surface area (Å²) in [4.78, 5) is 0. The normalized spacial score (nSPS) is 10.8. The second-order valence-corrected chi connectivity index (χ2v) is 4.05. The van der Waals surface area contributed by atoms with Gasteiger partial charge < -0.3 is 5.32 Å². The molecule has 0 radical (unpaired) electrons. The molecule has 0 amide bonds. The second kappa shape index (κ2) is 4.00. The molecule has 5 heteroatoms. The van der Waals surface area contributed by atoms with Crippen molar-refractivity contribution in [2.75, 3.05) is 5.32 Å². The van der Waals surface area contributed by atoms with E-state index in [9.17, 15) is 0 Å². The molecular formula is C11H17N5. The molecule has 0 aliphatic carbocycles. The zero-order chi connectivity index (χ0) is 11.7. The van der Waals surface area contributed by atoms with Crippen LogP contribution in [0.2, 0.25) is 0 Å². The van der Waals surface area contributed by atoms with Crippen LogP contribution in [0.25, 0.3) is 0 Å². The number of aromatic nitrogens is 4. The van der Waals surface area contributed by atoms with Crippen LogP contribution in [0.3, 0.4) is 0 Å². The molecule has 0 fully saturated rings. The minimum Gasteiger partial charge on any atom is -0.377 e. The first-order valence-corrected chi connectivity index (χ1v) is 5.29. The smallest absolute Gasteiger partial charge is 0.0825 e. The standard InChI is InChI=1S/C11H17N5/c1-8-5-13-16(4)11(8)6-12-10-7-15(3)14-9(10)2/h5,7,12H,6H2,1-4H3. The summed E-state index contributed by atoms with van der Waals surface area (Å²) in [5.74, 6) is 0. The summed E-state index contributed by atoms with van der Waals surface area (Å²) in [6, 6.07) is 0. The van der Waals surface area contributed by atoms with Crippen molar-refractivity contribution in [3.8, 4) is 0 Å². The van der Waals surface area contributed by atoms with E-state index < -0.39 is 0 Å². The van der Waals surface area contributed by atoms with Gasteiger partial charge in [-0.2, -0.15) is 10.2 Å². The maximum absolute atomic E-state index is 4.29. The van der Waals surface area contributed by atoms with Gasteiger partial charge in [-0.1, -0.05) is 0 Å². The first-order chi connectivity index (χ1) is 7.58. The Kier molecular flexibility index (Phi) is 2.68. The topological polar surface area (TPSA) is 47.7 Å². The zero-order valence-corrected chi connectivity index (χ0v) is 10.2. The van der Waals surface area contributed by atoms with Gasteiger partial charge in [0.05, 0.1) is 29.8 Å². The van der Waals surface area contributed by atoms with Gasteiger partial charge in [-0.25, -0.2) is 0 Å². The van der Waals surface area contributed by atoms with E-state index in [0.29, 0.717) is 0 Å². The van der Waals surface area contributed by atoms with Crippen molar-refractivity contribution in [3.05, 3.63) is 29.3 Å². The van der Waals surface area contributed by atoms with Crippen LogP contribution >= 0.6 is 0 Å². The van der Waals surface area contributed by atoms with E-state index in [2.05, 4.69) is 22.4 Å². The van der Waals surface area contributed by atoms with E-state index >= 15 is 0 Å². The van der Waals surface area contributed by atoms with E-state index in [4.69, 9.17) is 0 Å². The fourth-order valence-corrected chi connectivity index (χ4v) is 1.78. The fourth-order valence-electron chi connectivity index (χ4n) is 1.78. The number of anilines is 1. The molecule has 2 aromatic heterocycles. The fraction of sp³-hybridized carbons (Fsp3) is 0.455. The number of hydrogen-bond acceptors (Lipinski definition) is 3. The highest BCUT2D eigenvalue weighted by Crippen LogP contribution is 2.14. The van der Waals surface area contributed by atoms with Crippen molar-refractivity contribution >= 4 is 5.69 Å². The molecule has 0 spiro atoms. The summed E-state index contributed by atoms with van der Waals surface area (Å²) < 4.78 is 3.71. The first-order valence-electron chi connectivity index (χ1n) is 5.29. The average Bonchev–Trinajstić information content (AvgIpc) is 2.69. The summed E-state index contributed by atoms with van der Waals surface area (Å²) >= 11 is 0. The maximum Gasteiger partial charge on any atom is 0.0825 e. The van der Waals surface area contributed by atoms with Gasteiger partial charge in [0.15, 0.2) is 0 Å². The second-order valence-electron chi connectivity index (χ2n) is 4.05. The van der Waals surface area contributed by atoms with Crippen LogP contribution in [0, 0.1) is 13.8 Å². The number of nitrogens with zero attached hydrogens (tertiary/aromatic N) is 4. The van der Waals surface area contributed by atoms with Gasteiger partial charge in [0.2, 0.25) is 0 Å². The van der Waals surface area contributed by atoms with Gasteiger partial charge in [0.1, 0.15) is 0 Å². The summed E-state index contributed by atoms with van der Waals surface area (Å²) in [6.45, 7) is 4.84. The monoisotopic (exact) mass is 219 g/mol. The molecule has 0 unspecified atom stereocenters. The van der Waals surface area contributed by atoms with Crippen LogP contribution in [-0.4, -0.2) is 19.6 Å². The summed E-state index contributed by atoms with van der Waals surface area (Å²) in [5, 5.41) is 11.9. The van der Waals surface area contributed by atoms with Crippen molar-refractivity contribution < 1.29 is 0 Å². The molecule has 0 bridgehead atoms. The Morgan fingerprint density at radius 2 is 2.06 bits per heavy atom. The predicted octanol–water partition coefficient (Wildman–Crippen LogP) is 1.38. The molecule has 86 valence electrons. The molecule has 0 saturated heterocycles. The van der Waals surface area contributed by atoms with Crippen molar-refractivity contribution in [3.63, 3.8) is 0 Å². The number of hydrogen-bond donors (Lipinski definition) is 1. The van der Waals surface area contributed by atoms with Gasteiger partial charge in [-0.3, -0.25) is 9.36 Å². The van der Waals surface area contributed by atoms with Gasteiger partial charge in [-0.15, -0.1) is 0 Å².